The lowest BCUT2D eigenvalue weighted by Crippen LogP contribution is -2.55. The zero-order valence-corrected chi connectivity index (χ0v) is 16.8. The summed E-state index contributed by atoms with van der Waals surface area (Å²) in [5, 5.41) is 10.9. The molecule has 0 unspecified atom stereocenters. The maximum Gasteiger partial charge on any atom is 0.263 e. The Hall–Kier alpha value is -1.66. The number of aromatic nitrogens is 1. The SMILES string of the molecule is COCCCn1c(C)cc(C)c(C(=O)N2CC[C@@]3(O)CCCC[C@@H]3C2)c1=O. The Morgan fingerprint density at radius 2 is 2.11 bits per heavy atom. The molecule has 0 aromatic carbocycles. The molecule has 2 fully saturated rings. The summed E-state index contributed by atoms with van der Waals surface area (Å²) in [5.74, 6) is -0.0655. The summed E-state index contributed by atoms with van der Waals surface area (Å²) >= 11 is 0. The highest BCUT2D eigenvalue weighted by atomic mass is 16.5. The molecule has 1 aliphatic heterocycles. The number of hydrogen-bond donors (Lipinski definition) is 1. The lowest BCUT2D eigenvalue weighted by molar-refractivity contribution is -0.0886. The van der Waals surface area contributed by atoms with Crippen LogP contribution in [0.3, 0.4) is 0 Å². The molecule has 150 valence electrons. The van der Waals surface area contributed by atoms with E-state index in [1.54, 1.807) is 16.6 Å². The first-order valence-corrected chi connectivity index (χ1v) is 10.1. The molecule has 6 nitrogen and oxygen atoms in total. The van der Waals surface area contributed by atoms with Crippen LogP contribution in [0, 0.1) is 19.8 Å². The molecule has 0 spiro atoms. The molecule has 1 aromatic rings. The lowest BCUT2D eigenvalue weighted by atomic mass is 9.71. The largest absolute Gasteiger partial charge is 0.389 e. The van der Waals surface area contributed by atoms with Crippen molar-refractivity contribution in [3.8, 4) is 0 Å². The normalized spacial score (nSPS) is 25.3. The van der Waals surface area contributed by atoms with Crippen LogP contribution in [-0.2, 0) is 11.3 Å². The molecule has 1 saturated carbocycles. The minimum atomic E-state index is -0.627. The Morgan fingerprint density at radius 1 is 1.33 bits per heavy atom. The first-order valence-electron chi connectivity index (χ1n) is 10.1. The van der Waals surface area contributed by atoms with Gasteiger partial charge in [-0.15, -0.1) is 0 Å². The van der Waals surface area contributed by atoms with Crippen LogP contribution in [-0.4, -0.2) is 52.9 Å². The number of ether oxygens (including phenoxy) is 1. The number of methoxy groups -OCH3 is 1. The lowest BCUT2D eigenvalue weighted by Gasteiger charge is -2.47. The molecule has 1 saturated heterocycles. The molecule has 0 bridgehead atoms. The van der Waals surface area contributed by atoms with Crippen molar-refractivity contribution in [1.29, 1.82) is 0 Å². The first kappa shape index (κ1) is 20.1. The van der Waals surface area contributed by atoms with Gasteiger partial charge in [-0.05, 0) is 51.2 Å². The topological polar surface area (TPSA) is 71.8 Å². The smallest absolute Gasteiger partial charge is 0.263 e. The van der Waals surface area contributed by atoms with Gasteiger partial charge in [-0.3, -0.25) is 9.59 Å². The van der Waals surface area contributed by atoms with Gasteiger partial charge in [0.2, 0.25) is 0 Å². The van der Waals surface area contributed by atoms with Gasteiger partial charge in [0, 0.05) is 45.0 Å². The zero-order valence-electron chi connectivity index (χ0n) is 16.8. The number of hydrogen-bond acceptors (Lipinski definition) is 4. The number of piperidine rings is 1. The summed E-state index contributed by atoms with van der Waals surface area (Å²) in [6.45, 7) is 5.92. The summed E-state index contributed by atoms with van der Waals surface area (Å²) in [5.41, 5.74) is 1.04. The molecule has 3 rings (SSSR count). The second-order valence-corrected chi connectivity index (χ2v) is 8.19. The quantitative estimate of drug-likeness (QED) is 0.800. The molecule has 2 heterocycles. The average molecular weight is 376 g/mol. The molecule has 2 atom stereocenters. The number of carbonyl (C=O) groups is 1. The minimum absolute atomic E-state index is 0.124. The Kier molecular flexibility index (Phi) is 6.06. The highest BCUT2D eigenvalue weighted by molar-refractivity contribution is 5.95. The van der Waals surface area contributed by atoms with E-state index in [9.17, 15) is 14.7 Å². The van der Waals surface area contributed by atoms with Gasteiger partial charge >= 0.3 is 0 Å². The third kappa shape index (κ3) is 3.97. The summed E-state index contributed by atoms with van der Waals surface area (Å²) in [6.07, 6.45) is 5.28. The van der Waals surface area contributed by atoms with Crippen molar-refractivity contribution in [2.24, 2.45) is 5.92 Å². The van der Waals surface area contributed by atoms with Gasteiger partial charge in [-0.25, -0.2) is 0 Å². The number of carbonyl (C=O) groups excluding carboxylic acids is 1. The van der Waals surface area contributed by atoms with Crippen molar-refractivity contribution in [3.63, 3.8) is 0 Å². The van der Waals surface area contributed by atoms with Gasteiger partial charge < -0.3 is 19.3 Å². The Bertz CT molecular complexity index is 757. The summed E-state index contributed by atoms with van der Waals surface area (Å²) in [4.78, 5) is 28.1. The monoisotopic (exact) mass is 376 g/mol. The molecule has 1 aliphatic carbocycles. The van der Waals surface area contributed by atoms with Crippen LogP contribution in [0.1, 0.15) is 60.1 Å². The minimum Gasteiger partial charge on any atom is -0.389 e. The Balaban J connectivity index is 1.84. The van der Waals surface area contributed by atoms with Crippen LogP contribution in [0.15, 0.2) is 10.9 Å². The fourth-order valence-corrected chi connectivity index (χ4v) is 4.75. The Labute approximate surface area is 161 Å². The van der Waals surface area contributed by atoms with E-state index < -0.39 is 5.60 Å². The van der Waals surface area contributed by atoms with Gasteiger partial charge in [0.25, 0.3) is 11.5 Å². The van der Waals surface area contributed by atoms with E-state index >= 15 is 0 Å². The van der Waals surface area contributed by atoms with Crippen molar-refractivity contribution in [2.75, 3.05) is 26.8 Å². The van der Waals surface area contributed by atoms with E-state index in [0.717, 1.165) is 43.4 Å². The van der Waals surface area contributed by atoms with Crippen molar-refractivity contribution >= 4 is 5.91 Å². The van der Waals surface area contributed by atoms with E-state index in [-0.39, 0.29) is 22.9 Å². The summed E-state index contributed by atoms with van der Waals surface area (Å²) in [7, 11) is 1.64. The number of likely N-dealkylation sites (tertiary alicyclic amines) is 1. The van der Waals surface area contributed by atoms with E-state index in [1.807, 2.05) is 19.9 Å². The predicted molar refractivity (Wildman–Crippen MR) is 104 cm³/mol. The molecule has 1 aromatic heterocycles. The molecule has 6 heteroatoms. The molecule has 1 N–H and O–H groups in total. The molecule has 27 heavy (non-hydrogen) atoms. The standard InChI is InChI=1S/C21H32N2O4/c1-15-13-16(2)23(10-6-12-27-3)20(25)18(15)19(24)22-11-9-21(26)8-5-4-7-17(21)14-22/h13,17,26H,4-12,14H2,1-3H3/t17-,21+/m1/s1. The van der Waals surface area contributed by atoms with Gasteiger partial charge in [-0.2, -0.15) is 0 Å². The predicted octanol–water partition coefficient (Wildman–Crippen LogP) is 2.27. The number of rotatable bonds is 5. The van der Waals surface area contributed by atoms with Crippen molar-refractivity contribution < 1.29 is 14.6 Å². The fraction of sp³-hybridized carbons (Fsp3) is 0.714. The highest BCUT2D eigenvalue weighted by Gasteiger charge is 2.44. The second kappa shape index (κ2) is 8.15. The number of aliphatic hydroxyl groups is 1. The highest BCUT2D eigenvalue weighted by Crippen LogP contribution is 2.40. The van der Waals surface area contributed by atoms with Crippen LogP contribution >= 0.6 is 0 Å². The summed E-state index contributed by atoms with van der Waals surface area (Å²) in [6, 6.07) is 1.92. The van der Waals surface area contributed by atoms with Gasteiger partial charge in [0.15, 0.2) is 0 Å². The molecule has 0 radical (unpaired) electrons. The van der Waals surface area contributed by atoms with Gasteiger partial charge in [0.05, 0.1) is 5.60 Å². The third-order valence-corrected chi connectivity index (χ3v) is 6.36. The van der Waals surface area contributed by atoms with E-state index in [0.29, 0.717) is 32.7 Å². The number of aryl methyl sites for hydroxylation is 2. The number of nitrogens with zero attached hydrogens (tertiary/aromatic N) is 2. The van der Waals surface area contributed by atoms with Crippen LogP contribution in [0.25, 0.3) is 0 Å². The number of pyridine rings is 1. The van der Waals surface area contributed by atoms with Gasteiger partial charge in [-0.1, -0.05) is 12.8 Å². The average Bonchev–Trinajstić information content (AvgIpc) is 2.63. The van der Waals surface area contributed by atoms with Crippen LogP contribution in [0.2, 0.25) is 0 Å². The van der Waals surface area contributed by atoms with Crippen LogP contribution < -0.4 is 5.56 Å². The van der Waals surface area contributed by atoms with Crippen molar-refractivity contribution in [3.05, 3.63) is 33.2 Å². The maximum absolute atomic E-state index is 13.2. The summed E-state index contributed by atoms with van der Waals surface area (Å²) < 4.78 is 6.77. The third-order valence-electron chi connectivity index (χ3n) is 6.36. The van der Waals surface area contributed by atoms with E-state index in [4.69, 9.17) is 4.74 Å². The first-order chi connectivity index (χ1) is 12.9. The fourth-order valence-electron chi connectivity index (χ4n) is 4.75. The zero-order chi connectivity index (χ0) is 19.6. The van der Waals surface area contributed by atoms with E-state index in [2.05, 4.69) is 0 Å². The molecular weight excluding hydrogens is 344 g/mol. The van der Waals surface area contributed by atoms with Crippen molar-refractivity contribution in [1.82, 2.24) is 9.47 Å². The van der Waals surface area contributed by atoms with Crippen molar-refractivity contribution in [2.45, 2.75) is 64.5 Å². The second-order valence-electron chi connectivity index (χ2n) is 8.19. The molecular formula is C21H32N2O4. The van der Waals surface area contributed by atoms with Crippen LogP contribution in [0.5, 0.6) is 0 Å². The van der Waals surface area contributed by atoms with Gasteiger partial charge in [0.1, 0.15) is 5.56 Å². The van der Waals surface area contributed by atoms with Crippen LogP contribution in [0.4, 0.5) is 0 Å². The molecule has 2 aliphatic rings. The molecule has 1 amide bonds. The number of fused-ring (bicyclic) bond motifs is 1. The van der Waals surface area contributed by atoms with E-state index in [1.165, 1.54) is 0 Å². The maximum atomic E-state index is 13.2. The number of amides is 1. The Morgan fingerprint density at radius 3 is 2.85 bits per heavy atom.